The number of aromatic nitrogens is 1. The maximum atomic E-state index is 11.9. The number of sulfonamides is 1. The number of carbonyl (C=O) groups excluding carboxylic acids is 1. The molecule has 0 aliphatic rings. The highest BCUT2D eigenvalue weighted by Gasteiger charge is 2.13. The van der Waals surface area contributed by atoms with Crippen molar-refractivity contribution in [3.05, 3.63) is 59.9 Å². The van der Waals surface area contributed by atoms with Crippen molar-refractivity contribution in [2.45, 2.75) is 6.42 Å². The van der Waals surface area contributed by atoms with Gasteiger partial charge >= 0.3 is 0 Å². The van der Waals surface area contributed by atoms with E-state index in [2.05, 4.69) is 15.0 Å². The van der Waals surface area contributed by atoms with Gasteiger partial charge in [0.1, 0.15) is 5.75 Å². The van der Waals surface area contributed by atoms with Gasteiger partial charge in [0.25, 0.3) is 5.91 Å². The third kappa shape index (κ3) is 5.64. The van der Waals surface area contributed by atoms with E-state index in [9.17, 15) is 18.3 Å². The van der Waals surface area contributed by atoms with E-state index in [4.69, 9.17) is 0 Å². The Hall–Kier alpha value is -2.45. The van der Waals surface area contributed by atoms with Crippen LogP contribution >= 0.6 is 0 Å². The molecule has 2 aromatic rings. The lowest BCUT2D eigenvalue weighted by molar-refractivity contribution is 0.0946. The van der Waals surface area contributed by atoms with Gasteiger partial charge in [-0.3, -0.25) is 4.79 Å². The lowest BCUT2D eigenvalue weighted by Crippen LogP contribution is -2.36. The van der Waals surface area contributed by atoms with Crippen LogP contribution in [0.3, 0.4) is 0 Å². The average Bonchev–Trinajstić information content (AvgIpc) is 2.58. The summed E-state index contributed by atoms with van der Waals surface area (Å²) in [5, 5.41) is 12.0. The summed E-state index contributed by atoms with van der Waals surface area (Å²) in [6.45, 7) is 0.163. The largest absolute Gasteiger partial charge is 0.505 e. The molecular formula is C16H19N3O4S. The molecule has 0 unspecified atom stereocenters. The number of benzene rings is 1. The number of hydrogen-bond donors (Lipinski definition) is 3. The van der Waals surface area contributed by atoms with Crippen LogP contribution in [0.1, 0.15) is 16.1 Å². The normalized spacial score (nSPS) is 11.2. The lowest BCUT2D eigenvalue weighted by atomic mass is 10.2. The maximum absolute atomic E-state index is 11.9. The predicted octanol–water partition coefficient (Wildman–Crippen LogP) is 0.679. The van der Waals surface area contributed by atoms with Crippen LogP contribution in [0, 0.1) is 0 Å². The second-order valence-electron chi connectivity index (χ2n) is 5.08. The monoisotopic (exact) mass is 349 g/mol. The molecule has 0 aliphatic heterocycles. The number of pyridine rings is 1. The Labute approximate surface area is 140 Å². The quantitative estimate of drug-likeness (QED) is 0.607. The van der Waals surface area contributed by atoms with Gasteiger partial charge in [-0.05, 0) is 24.1 Å². The molecule has 0 bridgehead atoms. The molecule has 1 aromatic heterocycles. The Morgan fingerprint density at radius 2 is 1.83 bits per heavy atom. The van der Waals surface area contributed by atoms with Crippen LogP contribution in [0.15, 0.2) is 48.7 Å². The van der Waals surface area contributed by atoms with Crippen LogP contribution in [-0.4, -0.2) is 43.3 Å². The number of nitrogens with zero attached hydrogens (tertiary/aromatic N) is 1. The average molecular weight is 349 g/mol. The Bertz CT molecular complexity index is 779. The smallest absolute Gasteiger partial charge is 0.273 e. The summed E-state index contributed by atoms with van der Waals surface area (Å²) >= 11 is 0. The highest BCUT2D eigenvalue weighted by molar-refractivity contribution is 7.89. The third-order valence-electron chi connectivity index (χ3n) is 3.24. The number of aromatic hydroxyl groups is 1. The zero-order valence-electron chi connectivity index (χ0n) is 13.0. The highest BCUT2D eigenvalue weighted by Crippen LogP contribution is 2.11. The van der Waals surface area contributed by atoms with E-state index in [1.807, 2.05) is 30.3 Å². The fourth-order valence-corrected chi connectivity index (χ4v) is 3.07. The minimum atomic E-state index is -3.42. The summed E-state index contributed by atoms with van der Waals surface area (Å²) in [5.41, 5.74) is 0.853. The summed E-state index contributed by atoms with van der Waals surface area (Å²) in [4.78, 5) is 15.6. The number of rotatable bonds is 8. The van der Waals surface area contributed by atoms with Crippen molar-refractivity contribution < 1.29 is 18.3 Å². The SMILES string of the molecule is O=C(NCCNS(=O)(=O)CCc1ccccc1)c1ncccc1O. The van der Waals surface area contributed by atoms with E-state index < -0.39 is 15.9 Å². The third-order valence-corrected chi connectivity index (χ3v) is 4.62. The van der Waals surface area contributed by atoms with Crippen molar-refractivity contribution in [1.82, 2.24) is 15.0 Å². The molecular weight excluding hydrogens is 330 g/mol. The highest BCUT2D eigenvalue weighted by atomic mass is 32.2. The topological polar surface area (TPSA) is 108 Å². The molecule has 128 valence electrons. The zero-order valence-corrected chi connectivity index (χ0v) is 13.8. The van der Waals surface area contributed by atoms with Gasteiger partial charge in [-0.1, -0.05) is 30.3 Å². The van der Waals surface area contributed by atoms with Gasteiger partial charge in [-0.2, -0.15) is 0 Å². The summed E-state index contributed by atoms with van der Waals surface area (Å²) < 4.78 is 26.2. The lowest BCUT2D eigenvalue weighted by Gasteiger charge is -2.08. The van der Waals surface area contributed by atoms with Gasteiger partial charge in [0.15, 0.2) is 5.69 Å². The molecule has 8 heteroatoms. The van der Waals surface area contributed by atoms with Gasteiger partial charge in [0, 0.05) is 19.3 Å². The summed E-state index contributed by atoms with van der Waals surface area (Å²) in [5.74, 6) is -0.804. The van der Waals surface area contributed by atoms with Crippen molar-refractivity contribution in [1.29, 1.82) is 0 Å². The molecule has 24 heavy (non-hydrogen) atoms. The predicted molar refractivity (Wildman–Crippen MR) is 90.2 cm³/mol. The van der Waals surface area contributed by atoms with E-state index in [1.54, 1.807) is 0 Å². The fourth-order valence-electron chi connectivity index (χ4n) is 2.01. The van der Waals surface area contributed by atoms with Crippen LogP contribution in [-0.2, 0) is 16.4 Å². The van der Waals surface area contributed by atoms with E-state index in [0.29, 0.717) is 6.42 Å². The first-order valence-corrected chi connectivity index (χ1v) is 9.06. The first kappa shape index (κ1) is 17.9. The van der Waals surface area contributed by atoms with Gasteiger partial charge in [0.05, 0.1) is 5.75 Å². The van der Waals surface area contributed by atoms with Crippen molar-refractivity contribution in [3.63, 3.8) is 0 Å². The summed E-state index contributed by atoms with van der Waals surface area (Å²) in [7, 11) is -3.42. The van der Waals surface area contributed by atoms with Crippen molar-refractivity contribution in [2.75, 3.05) is 18.8 Å². The van der Waals surface area contributed by atoms with Crippen LogP contribution in [0.2, 0.25) is 0 Å². The Balaban J connectivity index is 1.73. The molecule has 1 amide bonds. The number of nitrogens with one attached hydrogen (secondary N) is 2. The molecule has 1 heterocycles. The summed E-state index contributed by atoms with van der Waals surface area (Å²) in [6, 6.07) is 12.2. The van der Waals surface area contributed by atoms with Crippen LogP contribution in [0.4, 0.5) is 0 Å². The molecule has 3 N–H and O–H groups in total. The molecule has 0 saturated carbocycles. The van der Waals surface area contributed by atoms with Crippen molar-refractivity contribution in [3.8, 4) is 5.75 Å². The summed E-state index contributed by atoms with van der Waals surface area (Å²) in [6.07, 6.45) is 1.81. The van der Waals surface area contributed by atoms with Crippen LogP contribution in [0.25, 0.3) is 0 Å². The zero-order chi connectivity index (χ0) is 17.4. The van der Waals surface area contributed by atoms with E-state index in [1.165, 1.54) is 18.3 Å². The first-order chi connectivity index (χ1) is 11.5. The Morgan fingerprint density at radius 3 is 2.54 bits per heavy atom. The van der Waals surface area contributed by atoms with Crippen LogP contribution in [0.5, 0.6) is 5.75 Å². The molecule has 7 nitrogen and oxygen atoms in total. The van der Waals surface area contributed by atoms with Crippen molar-refractivity contribution >= 4 is 15.9 Å². The second-order valence-corrected chi connectivity index (χ2v) is 7.00. The van der Waals surface area contributed by atoms with E-state index >= 15 is 0 Å². The van der Waals surface area contributed by atoms with E-state index in [-0.39, 0.29) is 30.3 Å². The molecule has 0 aliphatic carbocycles. The standard InChI is InChI=1S/C16H19N3O4S/c20-14-7-4-9-17-15(14)16(21)18-10-11-19-24(22,23)12-8-13-5-2-1-3-6-13/h1-7,9,19-20H,8,10-12H2,(H,18,21). The molecule has 0 fully saturated rings. The number of amides is 1. The maximum Gasteiger partial charge on any atom is 0.273 e. The molecule has 0 atom stereocenters. The van der Waals surface area contributed by atoms with E-state index in [0.717, 1.165) is 5.56 Å². The van der Waals surface area contributed by atoms with Crippen molar-refractivity contribution in [2.24, 2.45) is 0 Å². The van der Waals surface area contributed by atoms with Gasteiger partial charge in [-0.15, -0.1) is 0 Å². The molecule has 0 radical (unpaired) electrons. The van der Waals surface area contributed by atoms with Crippen LogP contribution < -0.4 is 10.0 Å². The molecule has 2 rings (SSSR count). The number of aryl methyl sites for hydroxylation is 1. The Morgan fingerprint density at radius 1 is 1.08 bits per heavy atom. The second kappa shape index (κ2) is 8.42. The van der Waals surface area contributed by atoms with Gasteiger partial charge in [-0.25, -0.2) is 18.1 Å². The van der Waals surface area contributed by atoms with Gasteiger partial charge < -0.3 is 10.4 Å². The van der Waals surface area contributed by atoms with Gasteiger partial charge in [0.2, 0.25) is 10.0 Å². The Kier molecular flexibility index (Phi) is 6.28. The minimum absolute atomic E-state index is 0.0218. The minimum Gasteiger partial charge on any atom is -0.505 e. The molecule has 0 spiro atoms. The molecule has 0 saturated heterocycles. The fraction of sp³-hybridized carbons (Fsp3) is 0.250. The number of hydrogen-bond acceptors (Lipinski definition) is 5. The molecule has 1 aromatic carbocycles. The first-order valence-electron chi connectivity index (χ1n) is 7.41. The number of carbonyl (C=O) groups is 1.